The Bertz CT molecular complexity index is 803. The van der Waals surface area contributed by atoms with Gasteiger partial charge in [0.1, 0.15) is 5.75 Å². The highest BCUT2D eigenvalue weighted by Crippen LogP contribution is 2.19. The van der Waals surface area contributed by atoms with E-state index in [2.05, 4.69) is 50.4 Å². The highest BCUT2D eigenvalue weighted by atomic mass is 16.5. The van der Waals surface area contributed by atoms with E-state index in [1.54, 1.807) is 7.11 Å². The summed E-state index contributed by atoms with van der Waals surface area (Å²) in [5.74, 6) is 1.75. The van der Waals surface area contributed by atoms with Crippen LogP contribution in [-0.2, 0) is 24.4 Å². The standard InChI is InChI=1S/C23H32N4O2/c1-24-23(26(2)17-21-10-6-7-11-22(21)28-3)25-16-19-8-4-5-9-20(19)18-27-12-14-29-15-13-27/h4-11H,12-18H2,1-3H3,(H,24,25). The average Bonchev–Trinajstić information content (AvgIpc) is 2.76. The smallest absolute Gasteiger partial charge is 0.193 e. The molecule has 29 heavy (non-hydrogen) atoms. The first-order valence-electron chi connectivity index (χ1n) is 10.1. The van der Waals surface area contributed by atoms with Crippen molar-refractivity contribution in [1.29, 1.82) is 0 Å². The fraction of sp³-hybridized carbons (Fsp3) is 0.435. The second kappa shape index (κ2) is 10.8. The molecule has 1 fully saturated rings. The van der Waals surface area contributed by atoms with Gasteiger partial charge < -0.3 is 19.7 Å². The first-order chi connectivity index (χ1) is 14.2. The lowest BCUT2D eigenvalue weighted by Gasteiger charge is -2.28. The first kappa shape index (κ1) is 21.1. The van der Waals surface area contributed by atoms with Crippen molar-refractivity contribution in [2.75, 3.05) is 47.5 Å². The summed E-state index contributed by atoms with van der Waals surface area (Å²) in [6.45, 7) is 6.04. The zero-order valence-corrected chi connectivity index (χ0v) is 17.7. The number of nitrogens with one attached hydrogen (secondary N) is 1. The van der Waals surface area contributed by atoms with Crippen LogP contribution in [0.5, 0.6) is 5.75 Å². The molecule has 6 heteroatoms. The minimum absolute atomic E-state index is 0.721. The van der Waals surface area contributed by atoms with Crippen LogP contribution in [0.3, 0.4) is 0 Å². The quantitative estimate of drug-likeness (QED) is 0.576. The van der Waals surface area contributed by atoms with Gasteiger partial charge in [-0.3, -0.25) is 9.89 Å². The van der Waals surface area contributed by atoms with E-state index in [4.69, 9.17) is 9.47 Å². The maximum absolute atomic E-state index is 5.48. The predicted molar refractivity (Wildman–Crippen MR) is 117 cm³/mol. The van der Waals surface area contributed by atoms with Crippen LogP contribution < -0.4 is 10.1 Å². The van der Waals surface area contributed by atoms with Crippen molar-refractivity contribution in [3.05, 3.63) is 65.2 Å². The molecule has 0 atom stereocenters. The molecule has 3 rings (SSSR count). The molecule has 1 aliphatic heterocycles. The van der Waals surface area contributed by atoms with Gasteiger partial charge in [-0.05, 0) is 17.2 Å². The lowest BCUT2D eigenvalue weighted by Crippen LogP contribution is -2.38. The van der Waals surface area contributed by atoms with Crippen molar-refractivity contribution in [3.63, 3.8) is 0 Å². The summed E-state index contributed by atoms with van der Waals surface area (Å²) in [7, 11) is 5.57. The molecule has 2 aromatic carbocycles. The van der Waals surface area contributed by atoms with Gasteiger partial charge in [-0.15, -0.1) is 0 Å². The second-order valence-corrected chi connectivity index (χ2v) is 7.23. The van der Waals surface area contributed by atoms with Crippen LogP contribution in [0.1, 0.15) is 16.7 Å². The number of rotatable bonds is 7. The van der Waals surface area contributed by atoms with E-state index in [1.165, 1.54) is 11.1 Å². The number of morpholine rings is 1. The molecule has 0 aliphatic carbocycles. The van der Waals surface area contributed by atoms with Gasteiger partial charge in [0, 0.05) is 52.4 Å². The minimum Gasteiger partial charge on any atom is -0.496 e. The van der Waals surface area contributed by atoms with E-state index in [0.717, 1.165) is 63.2 Å². The van der Waals surface area contributed by atoms with Crippen LogP contribution >= 0.6 is 0 Å². The van der Waals surface area contributed by atoms with Crippen LogP contribution in [-0.4, -0.2) is 63.3 Å². The number of para-hydroxylation sites is 1. The third kappa shape index (κ3) is 5.95. The monoisotopic (exact) mass is 396 g/mol. The third-order valence-electron chi connectivity index (χ3n) is 5.23. The molecule has 6 nitrogen and oxygen atoms in total. The lowest BCUT2D eigenvalue weighted by atomic mass is 10.1. The molecular formula is C23H32N4O2. The van der Waals surface area contributed by atoms with Crippen molar-refractivity contribution >= 4 is 5.96 Å². The number of aliphatic imine (C=N–C) groups is 1. The van der Waals surface area contributed by atoms with Crippen LogP contribution in [0.2, 0.25) is 0 Å². The number of hydrogen-bond acceptors (Lipinski definition) is 4. The van der Waals surface area contributed by atoms with Gasteiger partial charge in [0.05, 0.1) is 20.3 Å². The zero-order chi connectivity index (χ0) is 20.5. The number of benzene rings is 2. The Morgan fingerprint density at radius 1 is 1.07 bits per heavy atom. The molecule has 0 spiro atoms. The fourth-order valence-electron chi connectivity index (χ4n) is 3.61. The number of methoxy groups -OCH3 is 1. The average molecular weight is 397 g/mol. The Kier molecular flexibility index (Phi) is 7.90. The Hall–Kier alpha value is -2.57. The minimum atomic E-state index is 0.721. The Morgan fingerprint density at radius 3 is 2.41 bits per heavy atom. The molecule has 1 heterocycles. The van der Waals surface area contributed by atoms with Crippen molar-refractivity contribution in [2.45, 2.75) is 19.6 Å². The van der Waals surface area contributed by atoms with E-state index in [0.29, 0.717) is 0 Å². The molecule has 0 bridgehead atoms. The highest BCUT2D eigenvalue weighted by molar-refractivity contribution is 5.79. The van der Waals surface area contributed by atoms with E-state index < -0.39 is 0 Å². The van der Waals surface area contributed by atoms with Crippen molar-refractivity contribution in [3.8, 4) is 5.75 Å². The lowest BCUT2D eigenvalue weighted by molar-refractivity contribution is 0.0341. The molecular weight excluding hydrogens is 364 g/mol. The Balaban J connectivity index is 1.62. The van der Waals surface area contributed by atoms with Crippen LogP contribution in [0.4, 0.5) is 0 Å². The molecule has 0 radical (unpaired) electrons. The summed E-state index contributed by atoms with van der Waals surface area (Å²) in [6, 6.07) is 16.7. The van der Waals surface area contributed by atoms with Crippen molar-refractivity contribution in [1.82, 2.24) is 15.1 Å². The van der Waals surface area contributed by atoms with E-state index >= 15 is 0 Å². The summed E-state index contributed by atoms with van der Waals surface area (Å²) < 4.78 is 10.9. The molecule has 2 aromatic rings. The third-order valence-corrected chi connectivity index (χ3v) is 5.23. The molecule has 0 saturated carbocycles. The molecule has 1 saturated heterocycles. The molecule has 0 amide bonds. The van der Waals surface area contributed by atoms with Crippen molar-refractivity contribution < 1.29 is 9.47 Å². The van der Waals surface area contributed by atoms with Gasteiger partial charge in [-0.2, -0.15) is 0 Å². The fourth-order valence-corrected chi connectivity index (χ4v) is 3.61. The van der Waals surface area contributed by atoms with Gasteiger partial charge in [0.15, 0.2) is 5.96 Å². The van der Waals surface area contributed by atoms with E-state index in [1.807, 2.05) is 32.3 Å². The highest BCUT2D eigenvalue weighted by Gasteiger charge is 2.14. The maximum Gasteiger partial charge on any atom is 0.193 e. The van der Waals surface area contributed by atoms with Crippen LogP contribution in [0.15, 0.2) is 53.5 Å². The Morgan fingerprint density at radius 2 is 1.72 bits per heavy atom. The largest absolute Gasteiger partial charge is 0.496 e. The molecule has 156 valence electrons. The summed E-state index contributed by atoms with van der Waals surface area (Å²) in [5, 5.41) is 3.51. The second-order valence-electron chi connectivity index (χ2n) is 7.23. The number of ether oxygens (including phenoxy) is 2. The van der Waals surface area contributed by atoms with Gasteiger partial charge in [-0.25, -0.2) is 0 Å². The normalized spacial score (nSPS) is 15.2. The van der Waals surface area contributed by atoms with Gasteiger partial charge in [0.2, 0.25) is 0 Å². The molecule has 0 aromatic heterocycles. The number of nitrogens with zero attached hydrogens (tertiary/aromatic N) is 3. The summed E-state index contributed by atoms with van der Waals surface area (Å²) in [5.41, 5.74) is 3.78. The topological polar surface area (TPSA) is 49.3 Å². The zero-order valence-electron chi connectivity index (χ0n) is 17.7. The van der Waals surface area contributed by atoms with Crippen molar-refractivity contribution in [2.24, 2.45) is 4.99 Å². The first-order valence-corrected chi connectivity index (χ1v) is 10.1. The van der Waals surface area contributed by atoms with Gasteiger partial charge in [-0.1, -0.05) is 42.5 Å². The summed E-state index contributed by atoms with van der Waals surface area (Å²) in [4.78, 5) is 9.03. The van der Waals surface area contributed by atoms with Gasteiger partial charge in [0.25, 0.3) is 0 Å². The van der Waals surface area contributed by atoms with E-state index in [-0.39, 0.29) is 0 Å². The van der Waals surface area contributed by atoms with Crippen LogP contribution in [0, 0.1) is 0 Å². The molecule has 0 unspecified atom stereocenters. The summed E-state index contributed by atoms with van der Waals surface area (Å²) >= 11 is 0. The maximum atomic E-state index is 5.48. The Labute approximate surface area is 174 Å². The van der Waals surface area contributed by atoms with E-state index in [9.17, 15) is 0 Å². The van der Waals surface area contributed by atoms with Gasteiger partial charge >= 0.3 is 0 Å². The molecule has 1 N–H and O–H groups in total. The molecule has 1 aliphatic rings. The number of hydrogen-bond donors (Lipinski definition) is 1. The SMILES string of the molecule is CN=C(NCc1ccccc1CN1CCOCC1)N(C)Cc1ccccc1OC. The van der Waals surface area contributed by atoms with Crippen LogP contribution in [0.25, 0.3) is 0 Å². The summed E-state index contributed by atoms with van der Waals surface area (Å²) in [6.07, 6.45) is 0. The predicted octanol–water partition coefficient (Wildman–Crippen LogP) is 2.73. The number of guanidine groups is 1.